The molecule has 0 fully saturated rings. The van der Waals surface area contributed by atoms with Crippen molar-refractivity contribution in [3.63, 3.8) is 0 Å². The molecule has 0 aromatic heterocycles. The second kappa shape index (κ2) is 3.53. The highest BCUT2D eigenvalue weighted by Crippen LogP contribution is 2.21. The Morgan fingerprint density at radius 1 is 1.54 bits per heavy atom. The van der Waals surface area contributed by atoms with Gasteiger partial charge in [-0.1, -0.05) is 0 Å². The first kappa shape index (κ1) is 9.67. The molecule has 70 valence electrons. The van der Waals surface area contributed by atoms with Crippen LogP contribution in [-0.2, 0) is 0 Å². The summed E-state index contributed by atoms with van der Waals surface area (Å²) in [6, 6.07) is 4.61. The SMILES string of the molecule is Cc1cc(C(C)O)ccc1[N+](=O)[O-]. The first-order valence-electron chi connectivity index (χ1n) is 3.95. The summed E-state index contributed by atoms with van der Waals surface area (Å²) in [5.74, 6) is 0. The number of aryl methyl sites for hydroxylation is 1. The summed E-state index contributed by atoms with van der Waals surface area (Å²) >= 11 is 0. The molecule has 0 aliphatic rings. The van der Waals surface area contributed by atoms with Gasteiger partial charge in [0.25, 0.3) is 5.69 Å². The molecule has 0 aliphatic carbocycles. The largest absolute Gasteiger partial charge is 0.389 e. The lowest BCUT2D eigenvalue weighted by atomic mass is 10.1. The van der Waals surface area contributed by atoms with E-state index in [-0.39, 0.29) is 5.69 Å². The van der Waals surface area contributed by atoms with Crippen LogP contribution in [0, 0.1) is 17.0 Å². The Kier molecular flexibility index (Phi) is 2.63. The number of aliphatic hydroxyl groups excluding tert-OH is 1. The summed E-state index contributed by atoms with van der Waals surface area (Å²) in [5.41, 5.74) is 1.36. The fourth-order valence-electron chi connectivity index (χ4n) is 1.14. The van der Waals surface area contributed by atoms with Gasteiger partial charge in [-0.25, -0.2) is 0 Å². The molecule has 0 saturated carbocycles. The average Bonchev–Trinajstić information content (AvgIpc) is 2.03. The summed E-state index contributed by atoms with van der Waals surface area (Å²) in [4.78, 5) is 10.0. The fourth-order valence-corrected chi connectivity index (χ4v) is 1.14. The van der Waals surface area contributed by atoms with Gasteiger partial charge >= 0.3 is 0 Å². The van der Waals surface area contributed by atoms with E-state index in [1.165, 1.54) is 6.07 Å². The van der Waals surface area contributed by atoms with Crippen LogP contribution in [0.2, 0.25) is 0 Å². The summed E-state index contributed by atoms with van der Waals surface area (Å²) < 4.78 is 0. The van der Waals surface area contributed by atoms with Crippen molar-refractivity contribution in [3.8, 4) is 0 Å². The van der Waals surface area contributed by atoms with Crippen LogP contribution >= 0.6 is 0 Å². The highest BCUT2D eigenvalue weighted by Gasteiger charge is 2.11. The molecule has 0 saturated heterocycles. The Bertz CT molecular complexity index is 334. The van der Waals surface area contributed by atoms with Crippen LogP contribution in [0.25, 0.3) is 0 Å². The third-order valence-corrected chi connectivity index (χ3v) is 1.90. The summed E-state index contributed by atoms with van der Waals surface area (Å²) in [6.07, 6.45) is -0.584. The third-order valence-electron chi connectivity index (χ3n) is 1.90. The number of hydrogen-bond donors (Lipinski definition) is 1. The highest BCUT2D eigenvalue weighted by atomic mass is 16.6. The van der Waals surface area contributed by atoms with Crippen LogP contribution in [0.15, 0.2) is 18.2 Å². The number of nitrogens with zero attached hydrogens (tertiary/aromatic N) is 1. The minimum absolute atomic E-state index is 0.0874. The van der Waals surface area contributed by atoms with E-state index in [1.807, 2.05) is 0 Å². The molecule has 0 radical (unpaired) electrons. The van der Waals surface area contributed by atoms with Crippen molar-refractivity contribution >= 4 is 5.69 Å². The number of aliphatic hydroxyl groups is 1. The minimum Gasteiger partial charge on any atom is -0.389 e. The Labute approximate surface area is 76.0 Å². The molecule has 1 atom stereocenters. The molecule has 0 amide bonds. The first-order valence-corrected chi connectivity index (χ1v) is 3.95. The molecule has 1 unspecified atom stereocenters. The highest BCUT2D eigenvalue weighted by molar-refractivity contribution is 5.42. The number of rotatable bonds is 2. The summed E-state index contributed by atoms with van der Waals surface area (Å²) in [6.45, 7) is 3.28. The number of hydrogen-bond acceptors (Lipinski definition) is 3. The molecule has 13 heavy (non-hydrogen) atoms. The first-order chi connectivity index (χ1) is 6.02. The molecule has 4 heteroatoms. The number of nitro benzene ring substituents is 1. The van der Waals surface area contributed by atoms with Gasteiger partial charge in [-0.05, 0) is 31.5 Å². The van der Waals surface area contributed by atoms with Crippen molar-refractivity contribution in [2.45, 2.75) is 20.0 Å². The molecule has 0 aliphatic heterocycles. The van der Waals surface area contributed by atoms with Gasteiger partial charge in [-0.2, -0.15) is 0 Å². The maximum atomic E-state index is 10.4. The van der Waals surface area contributed by atoms with Crippen molar-refractivity contribution in [1.82, 2.24) is 0 Å². The van der Waals surface area contributed by atoms with E-state index in [2.05, 4.69) is 0 Å². The Hall–Kier alpha value is -1.42. The molecular formula is C9H11NO3. The fraction of sp³-hybridized carbons (Fsp3) is 0.333. The van der Waals surface area contributed by atoms with Crippen LogP contribution in [0.5, 0.6) is 0 Å². The molecule has 4 nitrogen and oxygen atoms in total. The Balaban J connectivity index is 3.13. The predicted octanol–water partition coefficient (Wildman–Crippen LogP) is 1.96. The smallest absolute Gasteiger partial charge is 0.272 e. The number of benzene rings is 1. The van der Waals surface area contributed by atoms with E-state index in [0.29, 0.717) is 11.1 Å². The zero-order valence-electron chi connectivity index (χ0n) is 7.52. The van der Waals surface area contributed by atoms with Gasteiger partial charge in [0, 0.05) is 11.6 Å². The van der Waals surface area contributed by atoms with E-state index in [4.69, 9.17) is 0 Å². The average molecular weight is 181 g/mol. The van der Waals surface area contributed by atoms with Crippen LogP contribution < -0.4 is 0 Å². The maximum absolute atomic E-state index is 10.4. The van der Waals surface area contributed by atoms with Gasteiger partial charge < -0.3 is 5.11 Å². The van der Waals surface area contributed by atoms with Crippen molar-refractivity contribution in [1.29, 1.82) is 0 Å². The van der Waals surface area contributed by atoms with Crippen molar-refractivity contribution in [2.75, 3.05) is 0 Å². The van der Waals surface area contributed by atoms with Crippen molar-refractivity contribution in [3.05, 3.63) is 39.4 Å². The van der Waals surface area contributed by atoms with Gasteiger partial charge in [-0.3, -0.25) is 10.1 Å². The van der Waals surface area contributed by atoms with Crippen molar-refractivity contribution < 1.29 is 10.0 Å². The van der Waals surface area contributed by atoms with E-state index >= 15 is 0 Å². The molecule has 0 heterocycles. The normalized spacial score (nSPS) is 12.5. The second-order valence-corrected chi connectivity index (χ2v) is 2.98. The van der Waals surface area contributed by atoms with Crippen LogP contribution in [0.1, 0.15) is 24.2 Å². The maximum Gasteiger partial charge on any atom is 0.272 e. The van der Waals surface area contributed by atoms with Gasteiger partial charge in [0.15, 0.2) is 0 Å². The summed E-state index contributed by atoms with van der Waals surface area (Å²) in [7, 11) is 0. The van der Waals surface area contributed by atoms with E-state index in [0.717, 1.165) is 0 Å². The van der Waals surface area contributed by atoms with Crippen LogP contribution in [0.3, 0.4) is 0 Å². The second-order valence-electron chi connectivity index (χ2n) is 2.98. The standard InChI is InChI=1S/C9H11NO3/c1-6-5-8(7(2)11)3-4-9(6)10(12)13/h3-5,7,11H,1-2H3. The molecule has 1 N–H and O–H groups in total. The number of nitro groups is 1. The van der Waals surface area contributed by atoms with E-state index in [1.54, 1.807) is 26.0 Å². The van der Waals surface area contributed by atoms with E-state index in [9.17, 15) is 15.2 Å². The lowest BCUT2D eigenvalue weighted by Crippen LogP contribution is -1.95. The van der Waals surface area contributed by atoms with Gasteiger partial charge in [-0.15, -0.1) is 0 Å². The van der Waals surface area contributed by atoms with Gasteiger partial charge in [0.2, 0.25) is 0 Å². The monoisotopic (exact) mass is 181 g/mol. The Morgan fingerprint density at radius 2 is 2.15 bits per heavy atom. The zero-order chi connectivity index (χ0) is 10.0. The molecular weight excluding hydrogens is 170 g/mol. The Morgan fingerprint density at radius 3 is 2.54 bits per heavy atom. The predicted molar refractivity (Wildman–Crippen MR) is 48.5 cm³/mol. The van der Waals surface area contributed by atoms with Crippen molar-refractivity contribution in [2.24, 2.45) is 0 Å². The molecule has 1 aromatic rings. The topological polar surface area (TPSA) is 63.4 Å². The van der Waals surface area contributed by atoms with Gasteiger partial charge in [0.05, 0.1) is 11.0 Å². The van der Waals surface area contributed by atoms with Gasteiger partial charge in [0.1, 0.15) is 0 Å². The summed E-state index contributed by atoms with van der Waals surface area (Å²) in [5, 5.41) is 19.7. The zero-order valence-corrected chi connectivity index (χ0v) is 7.52. The lowest BCUT2D eigenvalue weighted by molar-refractivity contribution is -0.385. The van der Waals surface area contributed by atoms with E-state index < -0.39 is 11.0 Å². The molecule has 0 spiro atoms. The lowest BCUT2D eigenvalue weighted by Gasteiger charge is -2.05. The molecule has 0 bridgehead atoms. The molecule has 1 rings (SSSR count). The quantitative estimate of drug-likeness (QED) is 0.560. The third kappa shape index (κ3) is 2.03. The minimum atomic E-state index is -0.584. The van der Waals surface area contributed by atoms with Crippen LogP contribution in [-0.4, -0.2) is 10.0 Å². The molecule has 1 aromatic carbocycles. The van der Waals surface area contributed by atoms with Crippen LogP contribution in [0.4, 0.5) is 5.69 Å².